The molecule has 0 spiro atoms. The predicted octanol–water partition coefficient (Wildman–Crippen LogP) is -1.45. The van der Waals surface area contributed by atoms with Crippen molar-refractivity contribution in [2.24, 2.45) is 0 Å². The molecule has 0 aromatic heterocycles. The molecular formula is C3H11O5P. The Bertz CT molecular complexity index is 44.7. The molecule has 0 rings (SSSR count). The van der Waals surface area contributed by atoms with Crippen LogP contribution in [0.2, 0.25) is 0 Å². The van der Waals surface area contributed by atoms with Gasteiger partial charge in [0.15, 0.2) is 0 Å². The molecule has 5 nitrogen and oxygen atoms in total. The number of hydrogen-bond acceptors (Lipinski definition) is 5. The summed E-state index contributed by atoms with van der Waals surface area (Å²) in [5, 5.41) is 16.0. The SMILES string of the molecule is CC(O)CO.OP(O)O. The molecule has 6 heteroatoms. The van der Waals surface area contributed by atoms with Crippen molar-refractivity contribution in [3.8, 4) is 0 Å². The van der Waals surface area contributed by atoms with E-state index in [2.05, 4.69) is 0 Å². The first-order chi connectivity index (χ1) is 4.00. The van der Waals surface area contributed by atoms with Gasteiger partial charge < -0.3 is 24.9 Å². The quantitative estimate of drug-likeness (QED) is 0.300. The van der Waals surface area contributed by atoms with Gasteiger partial charge in [-0.2, -0.15) is 0 Å². The maximum absolute atomic E-state index is 8.11. The van der Waals surface area contributed by atoms with Crippen LogP contribution in [-0.2, 0) is 0 Å². The third-order valence-corrected chi connectivity index (χ3v) is 0.264. The third-order valence-electron chi connectivity index (χ3n) is 0.264. The van der Waals surface area contributed by atoms with Crippen LogP contribution in [0.3, 0.4) is 0 Å². The summed E-state index contributed by atoms with van der Waals surface area (Å²) >= 11 is 0. The van der Waals surface area contributed by atoms with E-state index >= 15 is 0 Å². The second-order valence-corrected chi connectivity index (χ2v) is 1.84. The molecule has 5 N–H and O–H groups in total. The Balaban J connectivity index is 0. The van der Waals surface area contributed by atoms with E-state index in [9.17, 15) is 0 Å². The minimum atomic E-state index is -2.62. The largest absolute Gasteiger partial charge is 0.394 e. The molecule has 0 aromatic rings. The molecule has 0 saturated heterocycles. The highest BCUT2D eigenvalue weighted by Crippen LogP contribution is 2.11. The van der Waals surface area contributed by atoms with Crippen molar-refractivity contribution in [3.63, 3.8) is 0 Å². The van der Waals surface area contributed by atoms with Gasteiger partial charge in [-0.25, -0.2) is 0 Å². The summed E-state index contributed by atoms with van der Waals surface area (Å²) in [7, 11) is -2.62. The first kappa shape index (κ1) is 12.0. The van der Waals surface area contributed by atoms with Crippen molar-refractivity contribution in [1.82, 2.24) is 0 Å². The average Bonchev–Trinajstić information content (AvgIpc) is 1.65. The van der Waals surface area contributed by atoms with Crippen LogP contribution in [0, 0.1) is 0 Å². The first-order valence-electron chi connectivity index (χ1n) is 2.16. The Labute approximate surface area is 54.2 Å². The number of aliphatic hydroxyl groups is 2. The number of aliphatic hydroxyl groups excluding tert-OH is 2. The van der Waals surface area contributed by atoms with E-state index < -0.39 is 14.7 Å². The lowest BCUT2D eigenvalue weighted by Crippen LogP contribution is -2.03. The highest BCUT2D eigenvalue weighted by molar-refractivity contribution is 7.38. The molecule has 0 saturated carbocycles. The predicted molar refractivity (Wildman–Crippen MR) is 32.3 cm³/mol. The van der Waals surface area contributed by atoms with Gasteiger partial charge in [0.05, 0.1) is 12.7 Å². The zero-order chi connectivity index (χ0) is 7.86. The van der Waals surface area contributed by atoms with Crippen LogP contribution in [0.5, 0.6) is 0 Å². The van der Waals surface area contributed by atoms with Crippen LogP contribution >= 0.6 is 8.60 Å². The van der Waals surface area contributed by atoms with Crippen molar-refractivity contribution in [2.45, 2.75) is 13.0 Å². The Morgan fingerprint density at radius 3 is 1.44 bits per heavy atom. The zero-order valence-electron chi connectivity index (χ0n) is 4.97. The molecule has 1 unspecified atom stereocenters. The van der Waals surface area contributed by atoms with Gasteiger partial charge in [-0.05, 0) is 6.92 Å². The Kier molecular flexibility index (Phi) is 10.9. The summed E-state index contributed by atoms with van der Waals surface area (Å²) in [5.41, 5.74) is 0. The monoisotopic (exact) mass is 158 g/mol. The van der Waals surface area contributed by atoms with Gasteiger partial charge in [-0.3, -0.25) is 0 Å². The van der Waals surface area contributed by atoms with E-state index in [1.165, 1.54) is 6.92 Å². The van der Waals surface area contributed by atoms with E-state index in [0.717, 1.165) is 0 Å². The Morgan fingerprint density at radius 1 is 1.33 bits per heavy atom. The van der Waals surface area contributed by atoms with Crippen molar-refractivity contribution in [2.75, 3.05) is 6.61 Å². The molecular weight excluding hydrogens is 147 g/mol. The van der Waals surface area contributed by atoms with Gasteiger partial charge in [0, 0.05) is 0 Å². The van der Waals surface area contributed by atoms with Gasteiger partial charge in [0.2, 0.25) is 0 Å². The molecule has 0 amide bonds. The van der Waals surface area contributed by atoms with Crippen molar-refractivity contribution < 1.29 is 24.9 Å². The van der Waals surface area contributed by atoms with Crippen molar-refractivity contribution in [3.05, 3.63) is 0 Å². The molecule has 0 radical (unpaired) electrons. The Hall–Kier alpha value is 0.230. The van der Waals surface area contributed by atoms with Gasteiger partial charge in [0.1, 0.15) is 0 Å². The van der Waals surface area contributed by atoms with Gasteiger partial charge in [0.25, 0.3) is 0 Å². The van der Waals surface area contributed by atoms with Gasteiger partial charge in [-0.1, -0.05) is 0 Å². The standard InChI is InChI=1S/C3H8O2.H3O3P/c1-3(5)2-4;1-4(2)3/h3-5H,2H2,1H3;1-3H. The summed E-state index contributed by atoms with van der Waals surface area (Å²) in [6, 6.07) is 0. The van der Waals surface area contributed by atoms with Crippen molar-refractivity contribution in [1.29, 1.82) is 0 Å². The Morgan fingerprint density at radius 2 is 1.44 bits per heavy atom. The molecule has 0 bridgehead atoms. The third kappa shape index (κ3) is 64.2. The second-order valence-electron chi connectivity index (χ2n) is 1.30. The van der Waals surface area contributed by atoms with E-state index in [4.69, 9.17) is 24.9 Å². The van der Waals surface area contributed by atoms with E-state index in [1.807, 2.05) is 0 Å². The van der Waals surface area contributed by atoms with Crippen LogP contribution in [0.1, 0.15) is 6.92 Å². The zero-order valence-corrected chi connectivity index (χ0v) is 5.86. The lowest BCUT2D eigenvalue weighted by atomic mass is 10.5. The molecule has 0 aliphatic carbocycles. The lowest BCUT2D eigenvalue weighted by Gasteiger charge is -1.90. The van der Waals surface area contributed by atoms with Crippen LogP contribution in [0.4, 0.5) is 0 Å². The second kappa shape index (κ2) is 8.23. The fraction of sp³-hybridized carbons (Fsp3) is 1.00. The topological polar surface area (TPSA) is 101 Å². The van der Waals surface area contributed by atoms with Gasteiger partial charge >= 0.3 is 8.60 Å². The highest BCUT2D eigenvalue weighted by Gasteiger charge is 1.83. The summed E-state index contributed by atoms with van der Waals surface area (Å²) < 4.78 is 0. The average molecular weight is 158 g/mol. The normalized spacial score (nSPS) is 12.3. The maximum Gasteiger partial charge on any atom is 0.324 e. The van der Waals surface area contributed by atoms with E-state index in [0.29, 0.717) is 0 Å². The molecule has 0 heterocycles. The minimum Gasteiger partial charge on any atom is -0.394 e. The maximum atomic E-state index is 8.11. The highest BCUT2D eigenvalue weighted by atomic mass is 31.2. The summed E-state index contributed by atoms with van der Waals surface area (Å²) in [6.45, 7) is 1.39. The summed E-state index contributed by atoms with van der Waals surface area (Å²) in [4.78, 5) is 21.7. The summed E-state index contributed by atoms with van der Waals surface area (Å²) in [5.74, 6) is 0. The molecule has 0 aromatic carbocycles. The van der Waals surface area contributed by atoms with E-state index in [1.54, 1.807) is 0 Å². The fourth-order valence-electron chi connectivity index (χ4n) is 0. The number of rotatable bonds is 1. The minimum absolute atomic E-state index is 0.139. The molecule has 9 heavy (non-hydrogen) atoms. The lowest BCUT2D eigenvalue weighted by molar-refractivity contribution is 0.110. The van der Waals surface area contributed by atoms with Crippen LogP contribution in [0.25, 0.3) is 0 Å². The van der Waals surface area contributed by atoms with Crippen LogP contribution in [0.15, 0.2) is 0 Å². The van der Waals surface area contributed by atoms with E-state index in [-0.39, 0.29) is 6.61 Å². The van der Waals surface area contributed by atoms with Crippen molar-refractivity contribution >= 4 is 8.60 Å². The molecule has 58 valence electrons. The first-order valence-corrected chi connectivity index (χ1v) is 3.36. The molecule has 0 fully saturated rings. The summed E-state index contributed by atoms with van der Waals surface area (Å²) in [6.07, 6.45) is -0.560. The smallest absolute Gasteiger partial charge is 0.324 e. The molecule has 0 aliphatic rings. The molecule has 0 aliphatic heterocycles. The van der Waals surface area contributed by atoms with Crippen LogP contribution in [-0.4, -0.2) is 37.6 Å². The fourth-order valence-corrected chi connectivity index (χ4v) is 0. The molecule has 1 atom stereocenters. The van der Waals surface area contributed by atoms with Crippen LogP contribution < -0.4 is 0 Å². The van der Waals surface area contributed by atoms with Gasteiger partial charge in [-0.15, -0.1) is 0 Å². The number of hydrogen-bond donors (Lipinski definition) is 5.